The average Bonchev–Trinajstić information content (AvgIpc) is 3.67. The van der Waals surface area contributed by atoms with Crippen LogP contribution in [0.25, 0.3) is 126 Å². The van der Waals surface area contributed by atoms with Crippen molar-refractivity contribution >= 4 is 86.6 Å². The van der Waals surface area contributed by atoms with E-state index in [0.717, 1.165) is 44.3 Å². The molecule has 0 N–H and O–H groups in total. The van der Waals surface area contributed by atoms with E-state index in [0.29, 0.717) is 5.95 Å². The molecule has 0 saturated heterocycles. The second-order valence-corrected chi connectivity index (χ2v) is 16.1. The lowest BCUT2D eigenvalue weighted by molar-refractivity contribution is 1.01. The van der Waals surface area contributed by atoms with Crippen LogP contribution in [0.5, 0.6) is 0 Å². The molecule has 0 saturated carbocycles. The smallest absolute Gasteiger partial charge is 0.235 e. The van der Waals surface area contributed by atoms with Crippen molar-refractivity contribution in [3.05, 3.63) is 212 Å². The molecule has 0 amide bonds. The van der Waals surface area contributed by atoms with Crippen molar-refractivity contribution in [1.82, 2.24) is 14.5 Å². The number of benzene rings is 11. The minimum absolute atomic E-state index is 0.643. The first kappa shape index (κ1) is 33.8. The monoisotopic (exact) mass is 773 g/mol. The Morgan fingerprint density at radius 2 is 0.852 bits per heavy atom. The number of nitrogens with zero attached hydrogens (tertiary/aromatic N) is 3. The summed E-state index contributed by atoms with van der Waals surface area (Å²) in [4.78, 5) is 11.0. The van der Waals surface area contributed by atoms with Gasteiger partial charge in [-0.2, -0.15) is 0 Å². The Labute approximate surface area is 351 Å². The lowest BCUT2D eigenvalue weighted by Gasteiger charge is -2.16. The lowest BCUT2D eigenvalue weighted by Crippen LogP contribution is -2.04. The Morgan fingerprint density at radius 1 is 0.311 bits per heavy atom. The molecular formula is C58H35N3. The van der Waals surface area contributed by atoms with Crippen LogP contribution in [0.4, 0.5) is 0 Å². The molecule has 0 aliphatic rings. The highest BCUT2D eigenvalue weighted by Gasteiger charge is 2.24. The van der Waals surface area contributed by atoms with Gasteiger partial charge in [-0.25, -0.2) is 9.97 Å². The maximum Gasteiger partial charge on any atom is 0.235 e. The number of fused-ring (bicyclic) bond motifs is 13. The molecule has 0 spiro atoms. The third-order valence-corrected chi connectivity index (χ3v) is 12.8. The van der Waals surface area contributed by atoms with E-state index >= 15 is 0 Å². The lowest BCUT2D eigenvalue weighted by atomic mass is 9.89. The van der Waals surface area contributed by atoms with Crippen LogP contribution in [0.15, 0.2) is 212 Å². The summed E-state index contributed by atoms with van der Waals surface area (Å²) in [7, 11) is 0. The van der Waals surface area contributed by atoms with Crippen molar-refractivity contribution in [2.24, 2.45) is 0 Å². The van der Waals surface area contributed by atoms with E-state index in [1.807, 2.05) is 0 Å². The van der Waals surface area contributed by atoms with Gasteiger partial charge in [-0.3, -0.25) is 4.57 Å². The summed E-state index contributed by atoms with van der Waals surface area (Å²) >= 11 is 0. The molecule has 0 unspecified atom stereocenters. The zero-order valence-corrected chi connectivity index (χ0v) is 33.0. The van der Waals surface area contributed by atoms with Crippen LogP contribution in [0.1, 0.15) is 0 Å². The molecule has 61 heavy (non-hydrogen) atoms. The van der Waals surface area contributed by atoms with Crippen molar-refractivity contribution in [3.8, 4) is 39.5 Å². The molecule has 0 aliphatic heterocycles. The highest BCUT2D eigenvalue weighted by molar-refractivity contribution is 6.29. The Bertz CT molecular complexity index is 3880. The number of aromatic nitrogens is 3. The zero-order chi connectivity index (χ0) is 40.0. The van der Waals surface area contributed by atoms with Crippen LogP contribution in [0, 0.1) is 0 Å². The third kappa shape index (κ3) is 5.11. The maximum absolute atomic E-state index is 5.59. The molecule has 282 valence electrons. The number of hydrogen-bond donors (Lipinski definition) is 0. The normalized spacial score (nSPS) is 11.9. The Morgan fingerprint density at radius 3 is 1.59 bits per heavy atom. The molecule has 13 aromatic rings. The summed E-state index contributed by atoms with van der Waals surface area (Å²) in [5.74, 6) is 0.643. The zero-order valence-electron chi connectivity index (χ0n) is 33.0. The Hall–Kier alpha value is -8.14. The molecule has 3 heteroatoms. The highest BCUT2D eigenvalue weighted by atomic mass is 15.2. The van der Waals surface area contributed by atoms with Gasteiger partial charge in [-0.15, -0.1) is 0 Å². The Balaban J connectivity index is 1.17. The fourth-order valence-corrected chi connectivity index (χ4v) is 10.0. The van der Waals surface area contributed by atoms with Crippen LogP contribution >= 0.6 is 0 Å². The van der Waals surface area contributed by atoms with Crippen LogP contribution in [0.3, 0.4) is 0 Å². The Kier molecular flexibility index (Phi) is 7.31. The fraction of sp³-hybridized carbons (Fsp3) is 0. The van der Waals surface area contributed by atoms with Crippen LogP contribution in [-0.2, 0) is 0 Å². The predicted octanol–water partition coefficient (Wildman–Crippen LogP) is 15.5. The minimum atomic E-state index is 0.643. The molecule has 0 aliphatic carbocycles. The molecular weight excluding hydrogens is 739 g/mol. The van der Waals surface area contributed by atoms with Crippen LogP contribution < -0.4 is 0 Å². The van der Waals surface area contributed by atoms with Crippen molar-refractivity contribution in [2.45, 2.75) is 0 Å². The van der Waals surface area contributed by atoms with Crippen molar-refractivity contribution in [3.63, 3.8) is 0 Å². The van der Waals surface area contributed by atoms with Gasteiger partial charge >= 0.3 is 0 Å². The molecule has 2 heterocycles. The quantitative estimate of drug-likeness (QED) is 0.167. The van der Waals surface area contributed by atoms with Gasteiger partial charge in [0.1, 0.15) is 0 Å². The van der Waals surface area contributed by atoms with Gasteiger partial charge in [-0.1, -0.05) is 188 Å². The van der Waals surface area contributed by atoms with Crippen molar-refractivity contribution in [1.29, 1.82) is 0 Å². The van der Waals surface area contributed by atoms with E-state index in [4.69, 9.17) is 9.97 Å². The molecule has 2 aromatic heterocycles. The maximum atomic E-state index is 5.59. The predicted molar refractivity (Wildman–Crippen MR) is 258 cm³/mol. The van der Waals surface area contributed by atoms with Crippen LogP contribution in [-0.4, -0.2) is 14.5 Å². The SMILES string of the molecule is c1ccc(-c2ccc(-c3nc(-n4c5ccc6ccccc6c5c5cc6ccccc6c(-c6ccc7c8ccccc8c8ccccc8c7c6)c54)nc4ccccc34)cc2)cc1. The van der Waals surface area contributed by atoms with E-state index in [9.17, 15) is 0 Å². The number of para-hydroxylation sites is 1. The largest absolute Gasteiger partial charge is 0.277 e. The first-order chi connectivity index (χ1) is 30.3. The van der Waals surface area contributed by atoms with E-state index in [-0.39, 0.29) is 0 Å². The van der Waals surface area contributed by atoms with Gasteiger partial charge < -0.3 is 0 Å². The summed E-state index contributed by atoms with van der Waals surface area (Å²) in [5.41, 5.74) is 9.69. The molecule has 0 bridgehead atoms. The molecule has 3 nitrogen and oxygen atoms in total. The molecule has 0 fully saturated rings. The summed E-state index contributed by atoms with van der Waals surface area (Å²) < 4.78 is 2.34. The summed E-state index contributed by atoms with van der Waals surface area (Å²) in [6.45, 7) is 0. The van der Waals surface area contributed by atoms with E-state index < -0.39 is 0 Å². The molecule has 11 aromatic carbocycles. The summed E-state index contributed by atoms with van der Waals surface area (Å²) in [5, 5.41) is 15.7. The molecule has 0 atom stereocenters. The van der Waals surface area contributed by atoms with Gasteiger partial charge in [0.25, 0.3) is 0 Å². The minimum Gasteiger partial charge on any atom is -0.277 e. The van der Waals surface area contributed by atoms with E-state index in [2.05, 4.69) is 217 Å². The number of hydrogen-bond acceptors (Lipinski definition) is 2. The van der Waals surface area contributed by atoms with Gasteiger partial charge in [-0.05, 0) is 94.8 Å². The third-order valence-electron chi connectivity index (χ3n) is 12.8. The first-order valence-electron chi connectivity index (χ1n) is 20.9. The average molecular weight is 774 g/mol. The van der Waals surface area contributed by atoms with Gasteiger partial charge in [0.2, 0.25) is 5.95 Å². The summed E-state index contributed by atoms with van der Waals surface area (Å²) in [6, 6.07) is 76.9. The second kappa shape index (κ2) is 13.2. The van der Waals surface area contributed by atoms with Gasteiger partial charge in [0.15, 0.2) is 0 Å². The number of rotatable bonds is 4. The second-order valence-electron chi connectivity index (χ2n) is 16.1. The first-order valence-corrected chi connectivity index (χ1v) is 20.9. The highest BCUT2D eigenvalue weighted by Crippen LogP contribution is 2.46. The standard InChI is InChI=1S/C58H35N3/c1-2-14-36(15-3-1)37-26-28-39(29-27-37)56-49-24-12-13-25-52(49)59-58(60-56)61-53-33-31-38-16-4-6-18-42(38)55(53)51-34-40-17-5-7-19-43(40)54(57(51)61)41-30-32-48-46-22-9-8-20-44(46)45-21-10-11-23-47(45)50(48)35-41/h1-35H. The van der Waals surface area contributed by atoms with Gasteiger partial charge in [0.05, 0.1) is 22.2 Å². The van der Waals surface area contributed by atoms with Crippen LogP contribution in [0.2, 0.25) is 0 Å². The topological polar surface area (TPSA) is 30.7 Å². The van der Waals surface area contributed by atoms with E-state index in [1.165, 1.54) is 75.8 Å². The van der Waals surface area contributed by atoms with Gasteiger partial charge in [0, 0.05) is 27.3 Å². The summed E-state index contributed by atoms with van der Waals surface area (Å²) in [6.07, 6.45) is 0. The fourth-order valence-electron chi connectivity index (χ4n) is 10.0. The molecule has 13 rings (SSSR count). The van der Waals surface area contributed by atoms with Crippen molar-refractivity contribution < 1.29 is 0 Å². The van der Waals surface area contributed by atoms with Crippen molar-refractivity contribution in [2.75, 3.05) is 0 Å². The van der Waals surface area contributed by atoms with E-state index in [1.54, 1.807) is 0 Å². The molecule has 0 radical (unpaired) electrons.